The zero-order chi connectivity index (χ0) is 40.7. The molecule has 0 aromatic rings. The third-order valence-electron chi connectivity index (χ3n) is 11.0. The van der Waals surface area contributed by atoms with E-state index in [9.17, 15) is 19.5 Å². The average molecular weight is 783 g/mol. The molecule has 55 heavy (non-hydrogen) atoms. The van der Waals surface area contributed by atoms with Crippen LogP contribution < -0.4 is 0 Å². The minimum absolute atomic E-state index is 0.0421. The monoisotopic (exact) mass is 783 g/mol. The summed E-state index contributed by atoms with van der Waals surface area (Å²) in [6.45, 7) is 4.76. The zero-order valence-electron chi connectivity index (χ0n) is 37.2. The van der Waals surface area contributed by atoms with Crippen molar-refractivity contribution in [1.29, 1.82) is 0 Å². The number of unbranched alkanes of at least 4 members (excludes halogenated alkanes) is 29. The number of ether oxygens (including phenoxy) is 3. The number of carboxylic acids is 1. The Labute approximate surface area is 340 Å². The van der Waals surface area contributed by atoms with Gasteiger partial charge in [0.2, 0.25) is 0 Å². The molecule has 2 atom stereocenters. The molecule has 0 aromatic carbocycles. The van der Waals surface area contributed by atoms with E-state index in [0.717, 1.165) is 38.5 Å². The first-order valence-electron chi connectivity index (χ1n) is 23.6. The average Bonchev–Trinajstić information content (AvgIpc) is 3.14. The van der Waals surface area contributed by atoms with Crippen LogP contribution in [0.25, 0.3) is 0 Å². The van der Waals surface area contributed by atoms with E-state index in [0.29, 0.717) is 19.3 Å². The number of esters is 2. The van der Waals surface area contributed by atoms with Gasteiger partial charge in [-0.2, -0.15) is 0 Å². The van der Waals surface area contributed by atoms with Crippen molar-refractivity contribution >= 4 is 17.9 Å². The van der Waals surface area contributed by atoms with E-state index in [1.807, 2.05) is 21.1 Å². The summed E-state index contributed by atoms with van der Waals surface area (Å²) in [5.41, 5.74) is 0. The Morgan fingerprint density at radius 1 is 0.473 bits per heavy atom. The van der Waals surface area contributed by atoms with Crippen molar-refractivity contribution in [3.63, 3.8) is 0 Å². The highest BCUT2D eigenvalue weighted by molar-refractivity contribution is 5.72. The molecular formula is C47H92NO7+. The summed E-state index contributed by atoms with van der Waals surface area (Å²) in [4.78, 5) is 36.9. The predicted octanol–water partition coefficient (Wildman–Crippen LogP) is 12.9. The maximum absolute atomic E-state index is 12.7. The lowest BCUT2D eigenvalue weighted by Gasteiger charge is -2.31. The summed E-state index contributed by atoms with van der Waals surface area (Å²) in [5.74, 6) is -1.45. The Morgan fingerprint density at radius 3 is 1.13 bits per heavy atom. The molecule has 0 aliphatic heterocycles. The maximum Gasteiger partial charge on any atom is 0.362 e. The van der Waals surface area contributed by atoms with Crippen molar-refractivity contribution in [2.24, 2.45) is 0 Å². The van der Waals surface area contributed by atoms with Gasteiger partial charge in [0, 0.05) is 19.3 Å². The van der Waals surface area contributed by atoms with E-state index in [-0.39, 0.29) is 36.2 Å². The summed E-state index contributed by atoms with van der Waals surface area (Å²) >= 11 is 0. The molecule has 2 unspecified atom stereocenters. The number of rotatable bonds is 43. The zero-order valence-corrected chi connectivity index (χ0v) is 37.2. The Hall–Kier alpha value is -1.67. The molecule has 0 radical (unpaired) electrons. The van der Waals surface area contributed by atoms with Gasteiger partial charge in [-0.15, -0.1) is 0 Å². The molecule has 0 aliphatic rings. The van der Waals surface area contributed by atoms with Crippen molar-refractivity contribution in [2.75, 3.05) is 41.0 Å². The highest BCUT2D eigenvalue weighted by Gasteiger charge is 2.31. The van der Waals surface area contributed by atoms with E-state index < -0.39 is 18.1 Å². The van der Waals surface area contributed by atoms with Crippen LogP contribution in [0.3, 0.4) is 0 Å². The molecule has 326 valence electrons. The number of quaternary nitrogens is 1. The molecule has 0 rings (SSSR count). The fourth-order valence-corrected chi connectivity index (χ4v) is 7.33. The summed E-state index contributed by atoms with van der Waals surface area (Å²) < 4.78 is 17.3. The molecule has 0 bridgehead atoms. The summed E-state index contributed by atoms with van der Waals surface area (Å²) in [5, 5.41) is 9.61. The number of likely N-dealkylation sites (N-methyl/N-ethyl adjacent to an activating group) is 1. The Bertz CT molecular complexity index is 874. The first kappa shape index (κ1) is 53.3. The first-order valence-corrected chi connectivity index (χ1v) is 23.6. The number of hydrogen-bond donors (Lipinski definition) is 1. The van der Waals surface area contributed by atoms with Gasteiger partial charge in [-0.1, -0.05) is 200 Å². The summed E-state index contributed by atoms with van der Waals surface area (Å²) in [6.07, 6.45) is 40.1. The molecule has 8 heteroatoms. The van der Waals surface area contributed by atoms with Crippen LogP contribution in [0, 0.1) is 0 Å². The van der Waals surface area contributed by atoms with Crippen LogP contribution >= 0.6 is 0 Å². The smallest absolute Gasteiger partial charge is 0.362 e. The lowest BCUT2D eigenvalue weighted by atomic mass is 10.0. The third-order valence-corrected chi connectivity index (χ3v) is 11.0. The van der Waals surface area contributed by atoms with Crippen molar-refractivity contribution in [3.05, 3.63) is 0 Å². The van der Waals surface area contributed by atoms with E-state index >= 15 is 0 Å². The van der Waals surface area contributed by atoms with Gasteiger partial charge >= 0.3 is 17.9 Å². The Morgan fingerprint density at radius 2 is 0.800 bits per heavy atom. The van der Waals surface area contributed by atoms with Crippen LogP contribution in [-0.4, -0.2) is 80.6 Å². The molecular weight excluding hydrogens is 691 g/mol. The second-order valence-corrected chi connectivity index (χ2v) is 17.4. The van der Waals surface area contributed by atoms with E-state index in [1.54, 1.807) is 0 Å². The summed E-state index contributed by atoms with van der Waals surface area (Å²) in [7, 11) is 5.54. The van der Waals surface area contributed by atoms with Crippen molar-refractivity contribution in [1.82, 2.24) is 0 Å². The molecule has 0 aliphatic carbocycles. The SMILES string of the molecule is CCCCCCCCCCCCCCCCCCCCCCCC(=O)OCC(COCCC(C(=O)O)[N+](C)(C)C)OC(=O)CCCCCCCCCCCC. The lowest BCUT2D eigenvalue weighted by molar-refractivity contribution is -0.887. The Kier molecular flexibility index (Phi) is 38.0. The fraction of sp³-hybridized carbons (Fsp3) is 0.936. The van der Waals surface area contributed by atoms with Gasteiger partial charge in [0.15, 0.2) is 12.1 Å². The Balaban J connectivity index is 4.13. The molecule has 0 spiro atoms. The predicted molar refractivity (Wildman–Crippen MR) is 229 cm³/mol. The number of aliphatic carboxylic acids is 1. The van der Waals surface area contributed by atoms with Gasteiger partial charge in [-0.05, 0) is 12.8 Å². The van der Waals surface area contributed by atoms with E-state index in [2.05, 4.69) is 13.8 Å². The minimum Gasteiger partial charge on any atom is -0.477 e. The van der Waals surface area contributed by atoms with Gasteiger partial charge in [-0.3, -0.25) is 9.59 Å². The number of carboxylic acid groups (broad SMARTS) is 1. The number of nitrogens with zero attached hydrogens (tertiary/aromatic N) is 1. The number of hydrogen-bond acceptors (Lipinski definition) is 6. The van der Waals surface area contributed by atoms with Crippen molar-refractivity contribution < 1.29 is 38.2 Å². The van der Waals surface area contributed by atoms with Crippen LogP contribution in [-0.2, 0) is 28.6 Å². The van der Waals surface area contributed by atoms with Gasteiger partial charge in [0.25, 0.3) is 0 Å². The standard InChI is InChI=1S/C47H91NO7/c1-6-8-10-12-14-16-18-19-20-21-22-23-24-25-26-27-28-30-31-33-35-37-45(49)54-42-43(41-53-40-39-44(47(51)52)48(3,4)5)55-46(50)38-36-34-32-29-17-15-13-11-9-7-2/h43-44H,6-42H2,1-5H3/p+1. The topological polar surface area (TPSA) is 99.1 Å². The van der Waals surface area contributed by atoms with E-state index in [1.165, 1.54) is 161 Å². The molecule has 0 aromatic heterocycles. The highest BCUT2D eigenvalue weighted by Crippen LogP contribution is 2.17. The van der Waals surface area contributed by atoms with Crippen LogP contribution in [0.5, 0.6) is 0 Å². The molecule has 0 fully saturated rings. The summed E-state index contributed by atoms with van der Waals surface area (Å²) in [6, 6.07) is -0.607. The molecule has 0 saturated carbocycles. The van der Waals surface area contributed by atoms with E-state index in [4.69, 9.17) is 14.2 Å². The van der Waals surface area contributed by atoms with Crippen molar-refractivity contribution in [2.45, 2.75) is 244 Å². The minimum atomic E-state index is -0.871. The largest absolute Gasteiger partial charge is 0.477 e. The van der Waals surface area contributed by atoms with Crippen LogP contribution in [0.2, 0.25) is 0 Å². The van der Waals surface area contributed by atoms with Crippen LogP contribution in [0.1, 0.15) is 232 Å². The molecule has 8 nitrogen and oxygen atoms in total. The maximum atomic E-state index is 12.7. The lowest BCUT2D eigenvalue weighted by Crippen LogP contribution is -2.50. The quantitative estimate of drug-likeness (QED) is 0.0373. The number of carbonyl (C=O) groups excluding carboxylic acids is 2. The van der Waals surface area contributed by atoms with Gasteiger partial charge in [0.05, 0.1) is 34.4 Å². The van der Waals surface area contributed by atoms with Gasteiger partial charge in [-0.25, -0.2) is 4.79 Å². The fourth-order valence-electron chi connectivity index (χ4n) is 7.33. The van der Waals surface area contributed by atoms with Crippen molar-refractivity contribution in [3.8, 4) is 0 Å². The van der Waals surface area contributed by atoms with Crippen LogP contribution in [0.4, 0.5) is 0 Å². The number of carbonyl (C=O) groups is 3. The van der Waals surface area contributed by atoms with Gasteiger partial charge in [0.1, 0.15) is 6.61 Å². The molecule has 1 N–H and O–H groups in total. The normalized spacial score (nSPS) is 12.8. The van der Waals surface area contributed by atoms with Gasteiger partial charge < -0.3 is 23.8 Å². The molecule has 0 heterocycles. The second-order valence-electron chi connectivity index (χ2n) is 17.4. The molecule has 0 amide bonds. The van der Waals surface area contributed by atoms with Crippen LogP contribution in [0.15, 0.2) is 0 Å². The third kappa shape index (κ3) is 37.7. The highest BCUT2D eigenvalue weighted by atomic mass is 16.6. The first-order chi connectivity index (χ1) is 26.6. The molecule has 0 saturated heterocycles. The second kappa shape index (κ2) is 39.2.